The number of aromatic hydroxyl groups is 2. The fourth-order valence-electron chi connectivity index (χ4n) is 2.86. The summed E-state index contributed by atoms with van der Waals surface area (Å²) in [6.45, 7) is 3.66. The zero-order valence-corrected chi connectivity index (χ0v) is 12.6. The number of nitrogens with zero attached hydrogens (tertiary/aromatic N) is 4. The molecule has 6 heteroatoms. The Morgan fingerprint density at radius 3 is 2.48 bits per heavy atom. The summed E-state index contributed by atoms with van der Waals surface area (Å²) in [4.78, 5) is 8.74. The number of rotatable bonds is 1. The molecule has 0 aliphatic carbocycles. The van der Waals surface area contributed by atoms with E-state index in [0.29, 0.717) is 33.5 Å². The number of pyridine rings is 1. The van der Waals surface area contributed by atoms with Gasteiger partial charge < -0.3 is 10.2 Å². The lowest BCUT2D eigenvalue weighted by Gasteiger charge is -2.12. The molecule has 0 aliphatic heterocycles. The molecule has 114 valence electrons. The van der Waals surface area contributed by atoms with Crippen molar-refractivity contribution < 1.29 is 10.2 Å². The van der Waals surface area contributed by atoms with Crippen molar-refractivity contribution in [1.82, 2.24) is 19.6 Å². The highest BCUT2D eigenvalue weighted by atomic mass is 16.3. The maximum Gasteiger partial charge on any atom is 0.224 e. The lowest BCUT2D eigenvalue weighted by molar-refractivity contribution is 0.443. The summed E-state index contributed by atoms with van der Waals surface area (Å²) < 4.78 is 1.53. The van der Waals surface area contributed by atoms with Crippen molar-refractivity contribution in [3.8, 4) is 22.8 Å². The normalized spacial score (nSPS) is 11.4. The van der Waals surface area contributed by atoms with Gasteiger partial charge in [-0.3, -0.25) is 0 Å². The molecule has 0 bridgehead atoms. The Hall–Kier alpha value is -3.15. The second-order valence-electron chi connectivity index (χ2n) is 5.48. The van der Waals surface area contributed by atoms with E-state index in [0.717, 1.165) is 5.69 Å². The zero-order chi connectivity index (χ0) is 16.1. The van der Waals surface area contributed by atoms with Crippen LogP contribution in [-0.2, 0) is 0 Å². The molecule has 6 nitrogen and oxygen atoms in total. The average Bonchev–Trinajstić information content (AvgIpc) is 2.88. The van der Waals surface area contributed by atoms with Crippen molar-refractivity contribution in [3.63, 3.8) is 0 Å². The van der Waals surface area contributed by atoms with Gasteiger partial charge in [0.15, 0.2) is 11.3 Å². The molecule has 4 rings (SSSR count). The first-order chi connectivity index (χ1) is 11.1. The SMILES string of the molecule is Cc1cc2nc(C)c3c(O)c(-c4ccccc4)c(O)nc3n2n1. The number of hydrogen-bond acceptors (Lipinski definition) is 5. The molecular formula is C17H14N4O2. The van der Waals surface area contributed by atoms with Crippen molar-refractivity contribution in [2.75, 3.05) is 0 Å². The summed E-state index contributed by atoms with van der Waals surface area (Å²) in [6.07, 6.45) is 0. The lowest BCUT2D eigenvalue weighted by Crippen LogP contribution is -2.00. The van der Waals surface area contributed by atoms with Crippen LogP contribution in [-0.4, -0.2) is 29.8 Å². The van der Waals surface area contributed by atoms with Crippen LogP contribution < -0.4 is 0 Å². The van der Waals surface area contributed by atoms with Crippen molar-refractivity contribution >= 4 is 16.7 Å². The zero-order valence-electron chi connectivity index (χ0n) is 12.6. The summed E-state index contributed by atoms with van der Waals surface area (Å²) in [5.74, 6) is -0.278. The highest BCUT2D eigenvalue weighted by molar-refractivity contribution is 5.94. The third kappa shape index (κ3) is 1.92. The first-order valence-electron chi connectivity index (χ1n) is 7.20. The van der Waals surface area contributed by atoms with Gasteiger partial charge in [-0.15, -0.1) is 0 Å². The van der Waals surface area contributed by atoms with E-state index in [1.54, 1.807) is 6.92 Å². The standard InChI is InChI=1S/C17H14N4O2/c1-9-8-12-18-10(2)13-15(22)14(11-6-4-3-5-7-11)17(23)19-16(13)21(12)20-9/h3-8H,1-2H3,(H2,19,22,23). The van der Waals surface area contributed by atoms with Crippen molar-refractivity contribution in [1.29, 1.82) is 0 Å². The van der Waals surface area contributed by atoms with Crippen molar-refractivity contribution in [2.45, 2.75) is 13.8 Å². The van der Waals surface area contributed by atoms with E-state index < -0.39 is 0 Å². The fraction of sp³-hybridized carbons (Fsp3) is 0.118. The Balaban J connectivity index is 2.17. The van der Waals surface area contributed by atoms with E-state index in [1.165, 1.54) is 4.52 Å². The number of aromatic nitrogens is 4. The van der Waals surface area contributed by atoms with Gasteiger partial charge in [0.25, 0.3) is 0 Å². The van der Waals surface area contributed by atoms with Crippen LogP contribution in [0.3, 0.4) is 0 Å². The predicted molar refractivity (Wildman–Crippen MR) is 86.5 cm³/mol. The molecule has 0 aliphatic rings. The Bertz CT molecular complexity index is 1060. The molecule has 0 amide bonds. The number of benzene rings is 1. The van der Waals surface area contributed by atoms with E-state index >= 15 is 0 Å². The predicted octanol–water partition coefficient (Wildman–Crippen LogP) is 2.97. The van der Waals surface area contributed by atoms with Gasteiger partial charge in [-0.2, -0.15) is 14.6 Å². The van der Waals surface area contributed by atoms with Gasteiger partial charge in [0.1, 0.15) is 5.75 Å². The van der Waals surface area contributed by atoms with Gasteiger partial charge in [-0.1, -0.05) is 30.3 Å². The largest absolute Gasteiger partial charge is 0.506 e. The maximum atomic E-state index is 10.7. The molecule has 0 unspecified atom stereocenters. The molecule has 0 fully saturated rings. The quantitative estimate of drug-likeness (QED) is 0.565. The van der Waals surface area contributed by atoms with Crippen LogP contribution in [0.25, 0.3) is 27.8 Å². The van der Waals surface area contributed by atoms with Crippen LogP contribution in [0.2, 0.25) is 0 Å². The molecule has 1 aromatic carbocycles. The van der Waals surface area contributed by atoms with Crippen LogP contribution in [0.15, 0.2) is 36.4 Å². The van der Waals surface area contributed by atoms with E-state index in [9.17, 15) is 10.2 Å². The molecule has 3 aromatic heterocycles. The Kier molecular flexibility index (Phi) is 2.74. The van der Waals surface area contributed by atoms with Crippen LogP contribution in [0.5, 0.6) is 11.6 Å². The summed E-state index contributed by atoms with van der Waals surface area (Å²) in [6, 6.07) is 11.0. The first kappa shape index (κ1) is 13.5. The van der Waals surface area contributed by atoms with E-state index in [4.69, 9.17) is 0 Å². The molecule has 0 atom stereocenters. The van der Waals surface area contributed by atoms with Crippen LogP contribution >= 0.6 is 0 Å². The minimum Gasteiger partial charge on any atom is -0.506 e. The third-order valence-electron chi connectivity index (χ3n) is 3.85. The molecule has 23 heavy (non-hydrogen) atoms. The number of fused-ring (bicyclic) bond motifs is 3. The molecule has 4 aromatic rings. The summed E-state index contributed by atoms with van der Waals surface area (Å²) in [5, 5.41) is 25.9. The Morgan fingerprint density at radius 1 is 1.00 bits per heavy atom. The maximum absolute atomic E-state index is 10.7. The van der Waals surface area contributed by atoms with Crippen molar-refractivity contribution in [2.24, 2.45) is 0 Å². The van der Waals surface area contributed by atoms with Crippen LogP contribution in [0, 0.1) is 13.8 Å². The summed E-state index contributed by atoms with van der Waals surface area (Å²) >= 11 is 0. The molecule has 2 N–H and O–H groups in total. The number of aryl methyl sites for hydroxylation is 2. The van der Waals surface area contributed by atoms with Gasteiger partial charge in [0.05, 0.1) is 22.3 Å². The van der Waals surface area contributed by atoms with Gasteiger partial charge in [0, 0.05) is 6.07 Å². The summed E-state index contributed by atoms with van der Waals surface area (Å²) in [7, 11) is 0. The minimum atomic E-state index is -0.235. The van der Waals surface area contributed by atoms with Crippen molar-refractivity contribution in [3.05, 3.63) is 47.8 Å². The molecule has 0 radical (unpaired) electrons. The van der Waals surface area contributed by atoms with Crippen LogP contribution in [0.4, 0.5) is 0 Å². The molecule has 0 spiro atoms. The average molecular weight is 306 g/mol. The molecule has 0 saturated heterocycles. The Morgan fingerprint density at radius 2 is 1.74 bits per heavy atom. The second kappa shape index (κ2) is 4.67. The van der Waals surface area contributed by atoms with Gasteiger partial charge >= 0.3 is 0 Å². The van der Waals surface area contributed by atoms with Gasteiger partial charge in [-0.05, 0) is 19.4 Å². The topological polar surface area (TPSA) is 83.5 Å². The fourth-order valence-corrected chi connectivity index (χ4v) is 2.86. The third-order valence-corrected chi connectivity index (χ3v) is 3.85. The Labute approximate surface area is 131 Å². The number of hydrogen-bond donors (Lipinski definition) is 2. The second-order valence-corrected chi connectivity index (χ2v) is 5.48. The molecular weight excluding hydrogens is 292 g/mol. The molecule has 0 saturated carbocycles. The first-order valence-corrected chi connectivity index (χ1v) is 7.20. The minimum absolute atomic E-state index is 0.0428. The lowest BCUT2D eigenvalue weighted by atomic mass is 10.0. The van der Waals surface area contributed by atoms with Crippen LogP contribution in [0.1, 0.15) is 11.4 Å². The van der Waals surface area contributed by atoms with Gasteiger partial charge in [-0.25, -0.2) is 4.98 Å². The monoisotopic (exact) mass is 306 g/mol. The smallest absolute Gasteiger partial charge is 0.224 e. The van der Waals surface area contributed by atoms with E-state index in [-0.39, 0.29) is 11.6 Å². The van der Waals surface area contributed by atoms with E-state index in [1.807, 2.05) is 43.3 Å². The molecule has 3 heterocycles. The van der Waals surface area contributed by atoms with E-state index in [2.05, 4.69) is 15.1 Å². The van der Waals surface area contributed by atoms with Gasteiger partial charge in [0.2, 0.25) is 5.88 Å². The summed E-state index contributed by atoms with van der Waals surface area (Å²) in [5.41, 5.74) is 3.42. The highest BCUT2D eigenvalue weighted by Crippen LogP contribution is 2.41. The highest BCUT2D eigenvalue weighted by Gasteiger charge is 2.20.